The fourth-order valence-corrected chi connectivity index (χ4v) is 2.08. The Bertz CT molecular complexity index is 297. The standard InChI is InChI=1S/C11H15BrN2/c12-10-6-11(8-13-7-10)14-5-4-9-2-1-3-9/h6-9,14H,1-5H2. The zero-order chi connectivity index (χ0) is 9.80. The van der Waals surface area contributed by atoms with Crippen LogP contribution in [-0.2, 0) is 0 Å². The third-order valence-electron chi connectivity index (χ3n) is 2.81. The van der Waals surface area contributed by atoms with Crippen LogP contribution in [0.4, 0.5) is 5.69 Å². The number of aromatic nitrogens is 1. The molecule has 2 nitrogen and oxygen atoms in total. The van der Waals surface area contributed by atoms with Gasteiger partial charge < -0.3 is 5.32 Å². The molecule has 1 heterocycles. The topological polar surface area (TPSA) is 24.9 Å². The van der Waals surface area contributed by atoms with E-state index in [9.17, 15) is 0 Å². The zero-order valence-corrected chi connectivity index (χ0v) is 9.76. The molecule has 0 atom stereocenters. The smallest absolute Gasteiger partial charge is 0.0538 e. The molecule has 1 fully saturated rings. The fraction of sp³-hybridized carbons (Fsp3) is 0.545. The van der Waals surface area contributed by atoms with E-state index < -0.39 is 0 Å². The van der Waals surface area contributed by atoms with Crippen molar-refractivity contribution >= 4 is 21.6 Å². The lowest BCUT2D eigenvalue weighted by molar-refractivity contribution is 0.303. The highest BCUT2D eigenvalue weighted by atomic mass is 79.9. The number of halogens is 1. The summed E-state index contributed by atoms with van der Waals surface area (Å²) in [7, 11) is 0. The summed E-state index contributed by atoms with van der Waals surface area (Å²) >= 11 is 3.41. The van der Waals surface area contributed by atoms with Gasteiger partial charge in [-0.1, -0.05) is 19.3 Å². The van der Waals surface area contributed by atoms with Crippen molar-refractivity contribution in [3.05, 3.63) is 22.9 Å². The summed E-state index contributed by atoms with van der Waals surface area (Å²) < 4.78 is 1.03. The van der Waals surface area contributed by atoms with Crippen LogP contribution in [0, 0.1) is 5.92 Å². The molecule has 0 bridgehead atoms. The molecule has 14 heavy (non-hydrogen) atoms. The van der Waals surface area contributed by atoms with Gasteiger partial charge in [-0.15, -0.1) is 0 Å². The van der Waals surface area contributed by atoms with Crippen LogP contribution >= 0.6 is 15.9 Å². The first kappa shape index (κ1) is 9.97. The largest absolute Gasteiger partial charge is 0.384 e. The number of hydrogen-bond acceptors (Lipinski definition) is 2. The average Bonchev–Trinajstić information content (AvgIpc) is 2.09. The molecule has 1 N–H and O–H groups in total. The Morgan fingerprint density at radius 1 is 1.43 bits per heavy atom. The Balaban J connectivity index is 1.74. The molecule has 1 aliphatic carbocycles. The Morgan fingerprint density at radius 2 is 2.29 bits per heavy atom. The number of pyridine rings is 1. The normalized spacial score (nSPS) is 16.4. The molecule has 1 aromatic heterocycles. The first-order valence-corrected chi connectivity index (χ1v) is 5.98. The summed E-state index contributed by atoms with van der Waals surface area (Å²) in [5.74, 6) is 0.975. The zero-order valence-electron chi connectivity index (χ0n) is 8.17. The molecule has 1 saturated carbocycles. The lowest BCUT2D eigenvalue weighted by atomic mass is 9.83. The minimum absolute atomic E-state index is 0.975. The highest BCUT2D eigenvalue weighted by Gasteiger charge is 2.16. The molecular formula is C11H15BrN2. The van der Waals surface area contributed by atoms with Gasteiger partial charge in [0, 0.05) is 17.2 Å². The van der Waals surface area contributed by atoms with E-state index in [1.165, 1.54) is 25.7 Å². The SMILES string of the molecule is Brc1cncc(NCCC2CCC2)c1. The van der Waals surface area contributed by atoms with Crippen LogP contribution in [0.25, 0.3) is 0 Å². The summed E-state index contributed by atoms with van der Waals surface area (Å²) in [6, 6.07) is 2.06. The molecule has 0 saturated heterocycles. The minimum Gasteiger partial charge on any atom is -0.384 e. The van der Waals surface area contributed by atoms with Crippen LogP contribution in [0.15, 0.2) is 22.9 Å². The first-order valence-electron chi connectivity index (χ1n) is 5.19. The van der Waals surface area contributed by atoms with Crippen molar-refractivity contribution in [2.75, 3.05) is 11.9 Å². The summed E-state index contributed by atoms with van der Waals surface area (Å²) in [6.45, 7) is 1.07. The van der Waals surface area contributed by atoms with E-state index in [1.807, 2.05) is 6.20 Å². The molecule has 0 aliphatic heterocycles. The van der Waals surface area contributed by atoms with Crippen molar-refractivity contribution < 1.29 is 0 Å². The van der Waals surface area contributed by atoms with Gasteiger partial charge in [0.1, 0.15) is 0 Å². The summed E-state index contributed by atoms with van der Waals surface area (Å²) in [6.07, 6.45) is 9.26. The molecule has 0 spiro atoms. The molecule has 1 aliphatic rings. The molecule has 3 heteroatoms. The number of rotatable bonds is 4. The molecule has 0 radical (unpaired) electrons. The average molecular weight is 255 g/mol. The first-order chi connectivity index (χ1) is 6.84. The Hall–Kier alpha value is -0.570. The second-order valence-electron chi connectivity index (χ2n) is 3.90. The van der Waals surface area contributed by atoms with Crippen LogP contribution < -0.4 is 5.32 Å². The van der Waals surface area contributed by atoms with Crippen molar-refractivity contribution in [2.24, 2.45) is 5.92 Å². The van der Waals surface area contributed by atoms with Crippen LogP contribution in [-0.4, -0.2) is 11.5 Å². The highest BCUT2D eigenvalue weighted by molar-refractivity contribution is 9.10. The van der Waals surface area contributed by atoms with Gasteiger partial charge in [0.2, 0.25) is 0 Å². The molecule has 0 amide bonds. The van der Waals surface area contributed by atoms with Gasteiger partial charge in [0.25, 0.3) is 0 Å². The number of nitrogens with zero attached hydrogens (tertiary/aromatic N) is 1. The quantitative estimate of drug-likeness (QED) is 0.891. The lowest BCUT2D eigenvalue weighted by Crippen LogP contribution is -2.15. The minimum atomic E-state index is 0.975. The van der Waals surface area contributed by atoms with Crippen LogP contribution in [0.1, 0.15) is 25.7 Å². The maximum Gasteiger partial charge on any atom is 0.0538 e. The van der Waals surface area contributed by atoms with E-state index in [0.717, 1.165) is 22.6 Å². The van der Waals surface area contributed by atoms with Crippen molar-refractivity contribution in [1.29, 1.82) is 0 Å². The van der Waals surface area contributed by atoms with Crippen molar-refractivity contribution in [3.8, 4) is 0 Å². The van der Waals surface area contributed by atoms with Gasteiger partial charge in [-0.2, -0.15) is 0 Å². The molecule has 0 aromatic carbocycles. The fourth-order valence-electron chi connectivity index (χ4n) is 1.71. The van der Waals surface area contributed by atoms with E-state index in [4.69, 9.17) is 0 Å². The number of hydrogen-bond donors (Lipinski definition) is 1. The maximum absolute atomic E-state index is 4.11. The molecule has 0 unspecified atom stereocenters. The third-order valence-corrected chi connectivity index (χ3v) is 3.25. The molecule has 1 aromatic rings. The highest BCUT2D eigenvalue weighted by Crippen LogP contribution is 2.29. The van der Waals surface area contributed by atoms with Gasteiger partial charge in [0.15, 0.2) is 0 Å². The van der Waals surface area contributed by atoms with Crippen LogP contribution in [0.3, 0.4) is 0 Å². The van der Waals surface area contributed by atoms with Crippen molar-refractivity contribution in [1.82, 2.24) is 4.98 Å². The summed E-state index contributed by atoms with van der Waals surface area (Å²) in [5, 5.41) is 3.39. The second kappa shape index (κ2) is 4.78. The Morgan fingerprint density at radius 3 is 2.93 bits per heavy atom. The Labute approximate surface area is 93.3 Å². The maximum atomic E-state index is 4.11. The van der Waals surface area contributed by atoms with Gasteiger partial charge in [-0.3, -0.25) is 4.98 Å². The van der Waals surface area contributed by atoms with Gasteiger partial charge in [-0.05, 0) is 34.3 Å². The Kier molecular flexibility index (Phi) is 3.40. The molecular weight excluding hydrogens is 240 g/mol. The predicted molar refractivity (Wildman–Crippen MR) is 62.4 cm³/mol. The molecule has 76 valence electrons. The lowest BCUT2D eigenvalue weighted by Gasteiger charge is -2.25. The van der Waals surface area contributed by atoms with E-state index in [2.05, 4.69) is 32.3 Å². The summed E-state index contributed by atoms with van der Waals surface area (Å²) in [5.41, 5.74) is 1.11. The third kappa shape index (κ3) is 2.71. The molecule has 2 rings (SSSR count). The van der Waals surface area contributed by atoms with Gasteiger partial charge >= 0.3 is 0 Å². The predicted octanol–water partition coefficient (Wildman–Crippen LogP) is 3.45. The van der Waals surface area contributed by atoms with E-state index in [0.29, 0.717) is 0 Å². The van der Waals surface area contributed by atoms with E-state index in [-0.39, 0.29) is 0 Å². The summed E-state index contributed by atoms with van der Waals surface area (Å²) in [4.78, 5) is 4.11. The van der Waals surface area contributed by atoms with E-state index in [1.54, 1.807) is 6.20 Å². The number of anilines is 1. The van der Waals surface area contributed by atoms with Crippen molar-refractivity contribution in [2.45, 2.75) is 25.7 Å². The van der Waals surface area contributed by atoms with Crippen LogP contribution in [0.5, 0.6) is 0 Å². The second-order valence-corrected chi connectivity index (χ2v) is 4.82. The van der Waals surface area contributed by atoms with Crippen LogP contribution in [0.2, 0.25) is 0 Å². The van der Waals surface area contributed by atoms with Crippen molar-refractivity contribution in [3.63, 3.8) is 0 Å². The van der Waals surface area contributed by atoms with Gasteiger partial charge in [-0.25, -0.2) is 0 Å². The number of nitrogens with one attached hydrogen (secondary N) is 1. The monoisotopic (exact) mass is 254 g/mol. The van der Waals surface area contributed by atoms with Gasteiger partial charge in [0.05, 0.1) is 11.9 Å². The van der Waals surface area contributed by atoms with E-state index >= 15 is 0 Å².